The maximum absolute atomic E-state index is 5.26. The summed E-state index contributed by atoms with van der Waals surface area (Å²) in [4.78, 5) is 13.8. The molecular weight excluding hydrogens is 346 g/mol. The lowest BCUT2D eigenvalue weighted by atomic mass is 9.80. The molecule has 0 amide bonds. The zero-order valence-corrected chi connectivity index (χ0v) is 17.6. The third-order valence-electron chi connectivity index (χ3n) is 4.15. The average molecular weight is 378 g/mol. The Morgan fingerprint density at radius 1 is 1.15 bits per heavy atom. The van der Waals surface area contributed by atoms with Crippen LogP contribution in [0.15, 0.2) is 11.1 Å². The summed E-state index contributed by atoms with van der Waals surface area (Å²) in [6, 6.07) is 2.09. The lowest BCUT2D eigenvalue weighted by Crippen LogP contribution is -2.59. The minimum atomic E-state index is 0.0148. The van der Waals surface area contributed by atoms with Crippen molar-refractivity contribution in [3.63, 3.8) is 0 Å². The summed E-state index contributed by atoms with van der Waals surface area (Å²) in [6.07, 6.45) is 1.87. The van der Waals surface area contributed by atoms with Crippen LogP contribution in [0.4, 0.5) is 5.95 Å². The molecule has 26 heavy (non-hydrogen) atoms. The van der Waals surface area contributed by atoms with Crippen LogP contribution in [0.2, 0.25) is 0 Å². The van der Waals surface area contributed by atoms with E-state index in [1.807, 2.05) is 19.9 Å². The lowest BCUT2D eigenvalue weighted by Gasteiger charge is -2.45. The van der Waals surface area contributed by atoms with Crippen molar-refractivity contribution >= 4 is 29.2 Å². The topological polar surface area (TPSA) is 86.3 Å². The van der Waals surface area contributed by atoms with Crippen LogP contribution in [0.3, 0.4) is 0 Å². The van der Waals surface area contributed by atoms with Crippen molar-refractivity contribution in [3.05, 3.63) is 17.5 Å². The second kappa shape index (κ2) is 7.84. The first-order valence-corrected chi connectivity index (χ1v) is 9.34. The van der Waals surface area contributed by atoms with E-state index in [1.165, 1.54) is 0 Å². The SMILES string of the molecule is CNC(=S)NC(=NC1CC(C)(C)NC(C)(C)C1)Nc1nc(C)cc(C)n1. The number of aryl methyl sites for hydroxylation is 2. The molecule has 1 aromatic rings. The van der Waals surface area contributed by atoms with Gasteiger partial charge in [-0.1, -0.05) is 0 Å². The molecule has 0 saturated carbocycles. The van der Waals surface area contributed by atoms with Crippen molar-refractivity contribution in [2.24, 2.45) is 4.99 Å². The molecule has 7 nitrogen and oxygen atoms in total. The Balaban J connectivity index is 2.28. The standard InChI is InChI=1S/C18H31N7S/c1-11-8-12(2)21-14(20-11)23-15(24-16(26)19-7)22-13-9-17(3,4)25-18(5,6)10-13/h8,13,25H,9-10H2,1-7H3,(H3,19,20,21,22,23,24,26). The first-order valence-electron chi connectivity index (χ1n) is 8.93. The molecule has 0 bridgehead atoms. The molecule has 0 spiro atoms. The van der Waals surface area contributed by atoms with Crippen molar-refractivity contribution in [1.82, 2.24) is 25.9 Å². The van der Waals surface area contributed by atoms with E-state index in [0.29, 0.717) is 17.0 Å². The fraction of sp³-hybridized carbons (Fsp3) is 0.667. The first kappa shape index (κ1) is 20.5. The summed E-state index contributed by atoms with van der Waals surface area (Å²) < 4.78 is 0. The van der Waals surface area contributed by atoms with E-state index in [1.54, 1.807) is 7.05 Å². The Labute approximate surface area is 161 Å². The van der Waals surface area contributed by atoms with Crippen molar-refractivity contribution in [2.45, 2.75) is 71.5 Å². The predicted molar refractivity (Wildman–Crippen MR) is 112 cm³/mol. The number of rotatable bonds is 2. The van der Waals surface area contributed by atoms with Gasteiger partial charge in [0, 0.05) is 29.5 Å². The normalized spacial score (nSPS) is 19.7. The van der Waals surface area contributed by atoms with Crippen molar-refractivity contribution < 1.29 is 0 Å². The predicted octanol–water partition coefficient (Wildman–Crippen LogP) is 2.26. The minimum absolute atomic E-state index is 0.0148. The molecule has 0 unspecified atom stereocenters. The molecule has 2 rings (SSSR count). The summed E-state index contributed by atoms with van der Waals surface area (Å²) in [5, 5.41) is 13.4. The fourth-order valence-electron chi connectivity index (χ4n) is 3.70. The molecule has 4 N–H and O–H groups in total. The summed E-state index contributed by atoms with van der Waals surface area (Å²) in [6.45, 7) is 12.7. The highest BCUT2D eigenvalue weighted by Crippen LogP contribution is 2.30. The quantitative estimate of drug-likeness (QED) is 0.357. The Morgan fingerprint density at radius 3 is 2.19 bits per heavy atom. The molecule has 1 saturated heterocycles. The van der Waals surface area contributed by atoms with Crippen molar-refractivity contribution in [1.29, 1.82) is 0 Å². The lowest BCUT2D eigenvalue weighted by molar-refractivity contribution is 0.164. The number of nitrogens with one attached hydrogen (secondary N) is 4. The van der Waals surface area contributed by atoms with Gasteiger partial charge < -0.3 is 16.0 Å². The van der Waals surface area contributed by atoms with Crippen LogP contribution in [0.5, 0.6) is 0 Å². The number of nitrogens with zero attached hydrogens (tertiary/aromatic N) is 3. The molecule has 1 aromatic heterocycles. The van der Waals surface area contributed by atoms with E-state index in [9.17, 15) is 0 Å². The number of anilines is 1. The van der Waals surface area contributed by atoms with Crippen LogP contribution in [-0.4, -0.2) is 45.2 Å². The summed E-state index contributed by atoms with van der Waals surface area (Å²) in [5.74, 6) is 1.08. The van der Waals surface area contributed by atoms with Gasteiger partial charge in [0.05, 0.1) is 6.04 Å². The number of thiocarbonyl (C=S) groups is 1. The highest BCUT2D eigenvalue weighted by Gasteiger charge is 2.37. The van der Waals surface area contributed by atoms with Crippen LogP contribution in [0.25, 0.3) is 0 Å². The molecular formula is C18H31N7S. The molecule has 0 atom stereocenters. The van der Waals surface area contributed by atoms with E-state index in [-0.39, 0.29) is 17.1 Å². The maximum atomic E-state index is 5.26. The van der Waals surface area contributed by atoms with Crippen LogP contribution in [-0.2, 0) is 0 Å². The van der Waals surface area contributed by atoms with Gasteiger partial charge >= 0.3 is 0 Å². The number of aliphatic imine (C=N–C) groups is 1. The van der Waals surface area contributed by atoms with E-state index < -0.39 is 0 Å². The van der Waals surface area contributed by atoms with Gasteiger partial charge in [-0.3, -0.25) is 5.32 Å². The minimum Gasteiger partial charge on any atom is -0.365 e. The van der Waals surface area contributed by atoms with Gasteiger partial charge in [-0.15, -0.1) is 0 Å². The first-order chi connectivity index (χ1) is 12.0. The van der Waals surface area contributed by atoms with Gasteiger partial charge in [-0.25, -0.2) is 15.0 Å². The van der Waals surface area contributed by atoms with Gasteiger partial charge in [0.25, 0.3) is 0 Å². The Kier molecular flexibility index (Phi) is 6.18. The Morgan fingerprint density at radius 2 is 1.69 bits per heavy atom. The second-order valence-corrected chi connectivity index (χ2v) is 8.64. The molecule has 0 aliphatic carbocycles. The van der Waals surface area contributed by atoms with E-state index in [2.05, 4.69) is 58.9 Å². The number of hydrogen-bond acceptors (Lipinski definition) is 5. The fourth-order valence-corrected chi connectivity index (χ4v) is 3.79. The van der Waals surface area contributed by atoms with Crippen LogP contribution >= 0.6 is 12.2 Å². The van der Waals surface area contributed by atoms with Gasteiger partial charge in [0.1, 0.15) is 0 Å². The third kappa shape index (κ3) is 6.17. The van der Waals surface area contributed by atoms with Gasteiger partial charge in [0.2, 0.25) is 11.9 Å². The second-order valence-electron chi connectivity index (χ2n) is 8.24. The van der Waals surface area contributed by atoms with Crippen LogP contribution < -0.4 is 21.3 Å². The maximum Gasteiger partial charge on any atom is 0.229 e. The smallest absolute Gasteiger partial charge is 0.229 e. The largest absolute Gasteiger partial charge is 0.365 e. The molecule has 1 aliphatic rings. The summed E-state index contributed by atoms with van der Waals surface area (Å²) >= 11 is 5.26. The molecule has 2 heterocycles. The highest BCUT2D eigenvalue weighted by molar-refractivity contribution is 7.80. The van der Waals surface area contributed by atoms with E-state index in [4.69, 9.17) is 17.2 Å². The zero-order chi connectivity index (χ0) is 19.5. The number of guanidine groups is 1. The van der Waals surface area contributed by atoms with Crippen LogP contribution in [0, 0.1) is 13.8 Å². The van der Waals surface area contributed by atoms with Crippen LogP contribution in [0.1, 0.15) is 51.9 Å². The third-order valence-corrected chi connectivity index (χ3v) is 4.46. The molecule has 1 aliphatic heterocycles. The number of hydrogen-bond donors (Lipinski definition) is 4. The Hall–Kier alpha value is -1.80. The average Bonchev–Trinajstić information content (AvgIpc) is 2.42. The molecule has 8 heteroatoms. The number of aromatic nitrogens is 2. The van der Waals surface area contributed by atoms with Gasteiger partial charge in [-0.05, 0) is 72.7 Å². The molecule has 144 valence electrons. The molecule has 0 aromatic carbocycles. The summed E-state index contributed by atoms with van der Waals surface area (Å²) in [5.41, 5.74) is 1.83. The molecule has 0 radical (unpaired) electrons. The van der Waals surface area contributed by atoms with Crippen molar-refractivity contribution in [3.8, 4) is 0 Å². The van der Waals surface area contributed by atoms with Gasteiger partial charge in [0.15, 0.2) is 5.11 Å². The zero-order valence-electron chi connectivity index (χ0n) is 16.8. The number of piperidine rings is 1. The summed E-state index contributed by atoms with van der Waals surface area (Å²) in [7, 11) is 1.77. The highest BCUT2D eigenvalue weighted by atomic mass is 32.1. The Bertz CT molecular complexity index is 661. The monoisotopic (exact) mass is 377 g/mol. The van der Waals surface area contributed by atoms with E-state index in [0.717, 1.165) is 24.2 Å². The van der Waals surface area contributed by atoms with Gasteiger partial charge in [-0.2, -0.15) is 0 Å². The van der Waals surface area contributed by atoms with Crippen molar-refractivity contribution in [2.75, 3.05) is 12.4 Å². The van der Waals surface area contributed by atoms with E-state index >= 15 is 0 Å². The molecule has 1 fully saturated rings.